The van der Waals surface area contributed by atoms with Crippen LogP contribution in [0.4, 0.5) is 18.9 Å². The molecule has 1 aromatic heterocycles. The van der Waals surface area contributed by atoms with Crippen LogP contribution in [0.2, 0.25) is 0 Å². The second kappa shape index (κ2) is 9.87. The van der Waals surface area contributed by atoms with Crippen molar-refractivity contribution in [2.45, 2.75) is 32.6 Å². The van der Waals surface area contributed by atoms with Crippen LogP contribution in [-0.4, -0.2) is 46.8 Å². The van der Waals surface area contributed by atoms with E-state index in [0.29, 0.717) is 31.9 Å². The average molecular weight is 459 g/mol. The highest BCUT2D eigenvalue weighted by molar-refractivity contribution is 5.76. The number of piperazine rings is 1. The van der Waals surface area contributed by atoms with Crippen LogP contribution >= 0.6 is 0 Å². The lowest BCUT2D eigenvalue weighted by Gasteiger charge is -2.35. The largest absolute Gasteiger partial charge is 0.416 e. The monoisotopic (exact) mass is 458 g/mol. The number of imidazole rings is 1. The molecule has 3 aromatic rings. The fourth-order valence-electron chi connectivity index (χ4n) is 4.36. The summed E-state index contributed by atoms with van der Waals surface area (Å²) >= 11 is 0. The van der Waals surface area contributed by atoms with Crippen LogP contribution < -0.4 is 10.6 Å². The van der Waals surface area contributed by atoms with Gasteiger partial charge < -0.3 is 4.90 Å². The predicted octanol–water partition coefficient (Wildman–Crippen LogP) is 4.61. The van der Waals surface area contributed by atoms with E-state index < -0.39 is 11.7 Å². The third-order valence-corrected chi connectivity index (χ3v) is 6.10. The van der Waals surface area contributed by atoms with Crippen molar-refractivity contribution in [1.29, 1.82) is 0 Å². The Morgan fingerprint density at radius 2 is 1.55 bits per heavy atom. The Bertz CT molecular complexity index is 1170. The maximum absolute atomic E-state index is 13.0. The quantitative estimate of drug-likeness (QED) is 0.485. The number of nitrogens with zero attached hydrogens (tertiary/aromatic N) is 4. The van der Waals surface area contributed by atoms with Crippen molar-refractivity contribution in [3.05, 3.63) is 76.7 Å². The van der Waals surface area contributed by atoms with Gasteiger partial charge in [0.1, 0.15) is 0 Å². The van der Waals surface area contributed by atoms with E-state index in [1.807, 2.05) is 39.8 Å². The number of hydrogen-bond acceptors (Lipinski definition) is 3. The third-order valence-electron chi connectivity index (χ3n) is 6.10. The zero-order valence-electron chi connectivity index (χ0n) is 18.8. The van der Waals surface area contributed by atoms with Gasteiger partial charge in [-0.15, -0.1) is 0 Å². The molecule has 176 valence electrons. The zero-order chi connectivity index (χ0) is 23.4. The first-order valence-electron chi connectivity index (χ1n) is 11.4. The normalized spacial score (nSPS) is 15.7. The van der Waals surface area contributed by atoms with Gasteiger partial charge in [0.15, 0.2) is 0 Å². The van der Waals surface area contributed by atoms with E-state index in [1.54, 1.807) is 10.6 Å². The molecule has 0 radical (unpaired) electrons. The Hall–Kier alpha value is -3.00. The summed E-state index contributed by atoms with van der Waals surface area (Å²) in [5.41, 5.74) is 1.92. The van der Waals surface area contributed by atoms with E-state index in [9.17, 15) is 18.0 Å². The van der Waals surface area contributed by atoms with Crippen LogP contribution in [0.3, 0.4) is 0 Å². The number of hydrogen-bond donors (Lipinski definition) is 0. The van der Waals surface area contributed by atoms with Gasteiger partial charge in [0.05, 0.1) is 16.6 Å². The number of aryl methyl sites for hydroxylation is 1. The number of halogens is 3. The lowest BCUT2D eigenvalue weighted by molar-refractivity contribution is -0.137. The molecule has 33 heavy (non-hydrogen) atoms. The molecule has 5 nitrogen and oxygen atoms in total. The molecule has 0 atom stereocenters. The highest BCUT2D eigenvalue weighted by Gasteiger charge is 2.31. The third kappa shape index (κ3) is 5.16. The van der Waals surface area contributed by atoms with Crippen molar-refractivity contribution in [3.63, 3.8) is 0 Å². The van der Waals surface area contributed by atoms with Crippen LogP contribution in [0.1, 0.15) is 18.9 Å². The van der Waals surface area contributed by atoms with E-state index in [4.69, 9.17) is 0 Å². The SMILES string of the molecule is CCCn1c(=O)n(CC=CCN2CCN(c3cccc(C(F)(F)F)c3)CC2)c2ccccc21. The first-order valence-corrected chi connectivity index (χ1v) is 11.4. The van der Waals surface area contributed by atoms with E-state index in [-0.39, 0.29) is 5.69 Å². The van der Waals surface area contributed by atoms with Gasteiger partial charge in [-0.25, -0.2) is 4.79 Å². The smallest absolute Gasteiger partial charge is 0.369 e. The predicted molar refractivity (Wildman–Crippen MR) is 126 cm³/mol. The van der Waals surface area contributed by atoms with Gasteiger partial charge in [-0.05, 0) is 36.8 Å². The van der Waals surface area contributed by atoms with Gasteiger partial charge in [0, 0.05) is 51.5 Å². The molecule has 0 saturated carbocycles. The Balaban J connectivity index is 1.33. The summed E-state index contributed by atoms with van der Waals surface area (Å²) in [5, 5.41) is 0. The molecule has 0 bridgehead atoms. The standard InChI is InChI=1S/C25H29F3N4O/c1-2-12-31-22-10-3-4-11-23(22)32(24(31)33)14-6-5-13-29-15-17-30(18-16-29)21-9-7-8-20(19-21)25(26,27)28/h3-11,19H,2,12-18H2,1H3. The second-order valence-electron chi connectivity index (χ2n) is 8.34. The van der Waals surface area contributed by atoms with Gasteiger partial charge in [-0.1, -0.05) is 37.3 Å². The molecular weight excluding hydrogens is 429 g/mol. The Morgan fingerprint density at radius 1 is 0.879 bits per heavy atom. The number of benzene rings is 2. The van der Waals surface area contributed by atoms with Crippen molar-refractivity contribution in [1.82, 2.24) is 14.0 Å². The summed E-state index contributed by atoms with van der Waals surface area (Å²) in [6.07, 6.45) is 0.658. The van der Waals surface area contributed by atoms with E-state index in [1.165, 1.54) is 12.1 Å². The minimum Gasteiger partial charge on any atom is -0.369 e. The van der Waals surface area contributed by atoms with E-state index in [0.717, 1.165) is 43.2 Å². The van der Waals surface area contributed by atoms with Crippen molar-refractivity contribution in [2.24, 2.45) is 0 Å². The Kier molecular flexibility index (Phi) is 6.93. The molecule has 1 saturated heterocycles. The summed E-state index contributed by atoms with van der Waals surface area (Å²) in [6.45, 7) is 6.93. The van der Waals surface area contributed by atoms with Crippen molar-refractivity contribution in [2.75, 3.05) is 37.6 Å². The van der Waals surface area contributed by atoms with Crippen LogP contribution in [-0.2, 0) is 19.3 Å². The molecule has 0 spiro atoms. The summed E-state index contributed by atoms with van der Waals surface area (Å²) in [4.78, 5) is 17.1. The highest BCUT2D eigenvalue weighted by atomic mass is 19.4. The summed E-state index contributed by atoms with van der Waals surface area (Å²) in [7, 11) is 0. The minimum absolute atomic E-state index is 0.0115. The first kappa shape index (κ1) is 23.2. The number of allylic oxidation sites excluding steroid dienone is 1. The molecule has 2 aromatic carbocycles. The molecule has 1 fully saturated rings. The summed E-state index contributed by atoms with van der Waals surface area (Å²) < 4.78 is 42.6. The van der Waals surface area contributed by atoms with Crippen molar-refractivity contribution < 1.29 is 13.2 Å². The zero-order valence-corrected chi connectivity index (χ0v) is 18.8. The number of anilines is 1. The maximum Gasteiger partial charge on any atom is 0.416 e. The molecule has 0 N–H and O–H groups in total. The van der Waals surface area contributed by atoms with Gasteiger partial charge in [0.2, 0.25) is 0 Å². The van der Waals surface area contributed by atoms with Crippen LogP contribution in [0.15, 0.2) is 65.5 Å². The average Bonchev–Trinajstić information content (AvgIpc) is 3.08. The Morgan fingerprint density at radius 3 is 2.21 bits per heavy atom. The minimum atomic E-state index is -4.33. The number of para-hydroxylation sites is 2. The van der Waals surface area contributed by atoms with Gasteiger partial charge in [0.25, 0.3) is 0 Å². The second-order valence-corrected chi connectivity index (χ2v) is 8.34. The molecular formula is C25H29F3N4O. The first-order chi connectivity index (χ1) is 15.9. The van der Waals surface area contributed by atoms with Crippen LogP contribution in [0.5, 0.6) is 0 Å². The molecule has 0 aliphatic carbocycles. The number of aromatic nitrogens is 2. The molecule has 0 amide bonds. The van der Waals surface area contributed by atoms with Gasteiger partial charge in [-0.3, -0.25) is 14.0 Å². The van der Waals surface area contributed by atoms with E-state index >= 15 is 0 Å². The van der Waals surface area contributed by atoms with Gasteiger partial charge >= 0.3 is 11.9 Å². The molecule has 0 unspecified atom stereocenters. The fraction of sp³-hybridized carbons (Fsp3) is 0.400. The molecule has 4 rings (SSSR count). The highest BCUT2D eigenvalue weighted by Crippen LogP contribution is 2.31. The van der Waals surface area contributed by atoms with Gasteiger partial charge in [-0.2, -0.15) is 13.2 Å². The molecule has 1 aliphatic heterocycles. The fourth-order valence-corrected chi connectivity index (χ4v) is 4.36. The van der Waals surface area contributed by atoms with Crippen LogP contribution in [0, 0.1) is 0 Å². The van der Waals surface area contributed by atoms with Crippen LogP contribution in [0.25, 0.3) is 11.0 Å². The topological polar surface area (TPSA) is 33.4 Å². The maximum atomic E-state index is 13.0. The molecule has 1 aliphatic rings. The number of alkyl halides is 3. The van der Waals surface area contributed by atoms with Crippen molar-refractivity contribution >= 4 is 16.7 Å². The number of rotatable bonds is 7. The Labute approximate surface area is 191 Å². The lowest BCUT2D eigenvalue weighted by atomic mass is 10.1. The van der Waals surface area contributed by atoms with E-state index in [2.05, 4.69) is 17.9 Å². The number of fused-ring (bicyclic) bond motifs is 1. The molecule has 8 heteroatoms. The lowest BCUT2D eigenvalue weighted by Crippen LogP contribution is -2.46. The summed E-state index contributed by atoms with van der Waals surface area (Å²) in [5.74, 6) is 0. The molecule has 2 heterocycles. The summed E-state index contributed by atoms with van der Waals surface area (Å²) in [6, 6.07) is 13.4. The van der Waals surface area contributed by atoms with Crippen molar-refractivity contribution in [3.8, 4) is 0 Å².